The second-order valence-electron chi connectivity index (χ2n) is 9.13. The molecule has 1 aliphatic rings. The maximum Gasteiger partial charge on any atom is 0.507 e. The van der Waals surface area contributed by atoms with E-state index in [0.717, 1.165) is 11.1 Å². The van der Waals surface area contributed by atoms with Gasteiger partial charge in [-0.3, -0.25) is 4.79 Å². The number of carbonyl (C=O) groups excluding carboxylic acids is 1. The summed E-state index contributed by atoms with van der Waals surface area (Å²) in [5, 5.41) is 18.0. The minimum atomic E-state index is -1.39. The lowest BCUT2D eigenvalue weighted by Crippen LogP contribution is -2.47. The number of aromatic nitrogens is 1. The van der Waals surface area contributed by atoms with Gasteiger partial charge in [0.15, 0.2) is 6.23 Å². The fourth-order valence-corrected chi connectivity index (χ4v) is 4.19. The molecule has 36 heavy (non-hydrogen) atoms. The van der Waals surface area contributed by atoms with Crippen molar-refractivity contribution in [3.8, 4) is 23.3 Å². The van der Waals surface area contributed by atoms with Gasteiger partial charge in [-0.05, 0) is 69.2 Å². The van der Waals surface area contributed by atoms with E-state index in [9.17, 15) is 9.59 Å². The Morgan fingerprint density at radius 3 is 2.69 bits per heavy atom. The molecule has 0 aliphatic carbocycles. The predicted octanol–water partition coefficient (Wildman–Crippen LogP) is 5.02. The first-order valence-corrected chi connectivity index (χ1v) is 11.6. The molecule has 1 aromatic heterocycles. The van der Waals surface area contributed by atoms with E-state index in [-0.39, 0.29) is 12.5 Å². The van der Waals surface area contributed by atoms with Gasteiger partial charge in [0, 0.05) is 18.5 Å². The van der Waals surface area contributed by atoms with Gasteiger partial charge in [-0.15, -0.1) is 0 Å². The van der Waals surface area contributed by atoms with Gasteiger partial charge in [-0.2, -0.15) is 5.26 Å². The van der Waals surface area contributed by atoms with Crippen LogP contribution in [-0.2, 0) is 21.6 Å². The van der Waals surface area contributed by atoms with E-state index in [2.05, 4.69) is 11.1 Å². The van der Waals surface area contributed by atoms with Crippen molar-refractivity contribution in [1.29, 1.82) is 5.26 Å². The Morgan fingerprint density at radius 1 is 1.25 bits per heavy atom. The molecule has 9 heteroatoms. The standard InChI is InChI=1S/C27H27N3O6/c1-17-22(29-24(35-17)19-11-9-18(15-28)10-12-19)16-34-21-7-4-6-20(14-21)27(2,3)25(31)30-13-5-8-23(30)36-26(32)33/h4,6-7,9-12,14,23H,5,8,13,16H2,1-3H3,(H,32,33)/t23-/m1/s1. The number of carbonyl (C=O) groups is 2. The van der Waals surface area contributed by atoms with E-state index >= 15 is 0 Å². The number of hydrogen-bond donors (Lipinski definition) is 1. The third-order valence-corrected chi connectivity index (χ3v) is 6.31. The van der Waals surface area contributed by atoms with Gasteiger partial charge in [-0.25, -0.2) is 9.78 Å². The molecule has 1 aliphatic heterocycles. The van der Waals surface area contributed by atoms with E-state index < -0.39 is 17.8 Å². The minimum absolute atomic E-state index is 0.171. The Balaban J connectivity index is 1.46. The summed E-state index contributed by atoms with van der Waals surface area (Å²) >= 11 is 0. The molecule has 4 rings (SSSR count). The van der Waals surface area contributed by atoms with Crippen molar-refractivity contribution < 1.29 is 28.6 Å². The number of amides is 1. The van der Waals surface area contributed by atoms with Crippen LogP contribution in [0, 0.1) is 18.3 Å². The first kappa shape index (κ1) is 24.8. The number of hydrogen-bond acceptors (Lipinski definition) is 7. The molecule has 1 N–H and O–H groups in total. The summed E-state index contributed by atoms with van der Waals surface area (Å²) in [6.07, 6.45) is -0.990. The molecule has 1 saturated heterocycles. The highest BCUT2D eigenvalue weighted by Crippen LogP contribution is 2.32. The van der Waals surface area contributed by atoms with Gasteiger partial charge in [-0.1, -0.05) is 12.1 Å². The summed E-state index contributed by atoms with van der Waals surface area (Å²) in [5.41, 5.74) is 1.78. The van der Waals surface area contributed by atoms with Gasteiger partial charge >= 0.3 is 6.16 Å². The normalized spacial score (nSPS) is 15.4. The Bertz CT molecular complexity index is 1310. The highest BCUT2D eigenvalue weighted by Gasteiger charge is 2.40. The third-order valence-electron chi connectivity index (χ3n) is 6.31. The van der Waals surface area contributed by atoms with Crippen LogP contribution in [0.3, 0.4) is 0 Å². The maximum atomic E-state index is 13.3. The predicted molar refractivity (Wildman–Crippen MR) is 129 cm³/mol. The van der Waals surface area contributed by atoms with Crippen molar-refractivity contribution in [2.75, 3.05) is 6.54 Å². The molecule has 0 bridgehead atoms. The molecule has 1 atom stereocenters. The van der Waals surface area contributed by atoms with Crippen LogP contribution in [0.4, 0.5) is 4.79 Å². The van der Waals surface area contributed by atoms with Crippen molar-refractivity contribution in [1.82, 2.24) is 9.88 Å². The molecule has 2 heterocycles. The number of aryl methyl sites for hydroxylation is 1. The van der Waals surface area contributed by atoms with Crippen LogP contribution >= 0.6 is 0 Å². The molecular weight excluding hydrogens is 462 g/mol. The lowest BCUT2D eigenvalue weighted by Gasteiger charge is -2.32. The molecule has 1 amide bonds. The number of carboxylic acid groups (broad SMARTS) is 1. The molecule has 0 radical (unpaired) electrons. The van der Waals surface area contributed by atoms with Gasteiger partial charge in [0.25, 0.3) is 0 Å². The fraction of sp³-hybridized carbons (Fsp3) is 0.333. The summed E-state index contributed by atoms with van der Waals surface area (Å²) in [7, 11) is 0. The van der Waals surface area contributed by atoms with E-state index in [1.807, 2.05) is 19.1 Å². The Hall–Kier alpha value is -4.32. The number of likely N-dealkylation sites (tertiary alicyclic amines) is 1. The van der Waals surface area contributed by atoms with Crippen LogP contribution < -0.4 is 4.74 Å². The lowest BCUT2D eigenvalue weighted by molar-refractivity contribution is -0.144. The molecule has 0 spiro atoms. The van der Waals surface area contributed by atoms with Crippen LogP contribution in [0.25, 0.3) is 11.5 Å². The molecule has 186 valence electrons. The highest BCUT2D eigenvalue weighted by atomic mass is 16.7. The summed E-state index contributed by atoms with van der Waals surface area (Å²) in [4.78, 5) is 30.4. The average Bonchev–Trinajstić information content (AvgIpc) is 3.48. The van der Waals surface area contributed by atoms with E-state index in [1.165, 1.54) is 4.90 Å². The molecule has 9 nitrogen and oxygen atoms in total. The Kier molecular flexibility index (Phi) is 6.97. The van der Waals surface area contributed by atoms with Crippen LogP contribution in [-0.4, -0.2) is 39.8 Å². The molecule has 1 fully saturated rings. The molecule has 0 saturated carbocycles. The zero-order valence-electron chi connectivity index (χ0n) is 20.4. The monoisotopic (exact) mass is 489 g/mol. The van der Waals surface area contributed by atoms with Crippen LogP contribution in [0.15, 0.2) is 52.9 Å². The number of benzene rings is 2. The second-order valence-corrected chi connectivity index (χ2v) is 9.13. The smallest absolute Gasteiger partial charge is 0.487 e. The number of rotatable bonds is 7. The third kappa shape index (κ3) is 5.18. The van der Waals surface area contributed by atoms with Crippen LogP contribution in [0.1, 0.15) is 49.3 Å². The first-order chi connectivity index (χ1) is 17.2. The van der Waals surface area contributed by atoms with Crippen molar-refractivity contribution >= 4 is 12.1 Å². The van der Waals surface area contributed by atoms with Crippen LogP contribution in [0.5, 0.6) is 5.75 Å². The zero-order valence-corrected chi connectivity index (χ0v) is 20.4. The summed E-state index contributed by atoms with van der Waals surface area (Å²) in [6, 6.07) is 16.3. The summed E-state index contributed by atoms with van der Waals surface area (Å²) in [5.74, 6) is 1.43. The highest BCUT2D eigenvalue weighted by molar-refractivity contribution is 5.88. The second kappa shape index (κ2) is 10.1. The van der Waals surface area contributed by atoms with Gasteiger partial charge < -0.3 is 23.9 Å². The van der Waals surface area contributed by atoms with Gasteiger partial charge in [0.1, 0.15) is 23.8 Å². The first-order valence-electron chi connectivity index (χ1n) is 11.6. The Labute approximate surface area is 208 Å². The largest absolute Gasteiger partial charge is 0.507 e. The fourth-order valence-electron chi connectivity index (χ4n) is 4.19. The number of oxazole rings is 1. The lowest BCUT2D eigenvalue weighted by atomic mass is 9.83. The average molecular weight is 490 g/mol. The van der Waals surface area contributed by atoms with Crippen molar-refractivity contribution in [2.45, 2.75) is 51.9 Å². The van der Waals surface area contributed by atoms with Crippen molar-refractivity contribution in [3.63, 3.8) is 0 Å². The minimum Gasteiger partial charge on any atom is -0.487 e. The van der Waals surface area contributed by atoms with E-state index in [4.69, 9.17) is 24.3 Å². The van der Waals surface area contributed by atoms with Crippen molar-refractivity contribution in [2.24, 2.45) is 0 Å². The molecule has 3 aromatic rings. The van der Waals surface area contributed by atoms with E-state index in [0.29, 0.717) is 48.0 Å². The van der Waals surface area contributed by atoms with Crippen molar-refractivity contribution in [3.05, 3.63) is 71.1 Å². The SMILES string of the molecule is Cc1oc(-c2ccc(C#N)cc2)nc1COc1cccc(C(C)(C)C(=O)N2CCC[C@H]2OC(=O)O)c1. The summed E-state index contributed by atoms with van der Waals surface area (Å²) in [6.45, 7) is 6.03. The number of nitriles is 1. The molecule has 0 unspecified atom stereocenters. The molecular formula is C27H27N3O6. The maximum absolute atomic E-state index is 13.3. The Morgan fingerprint density at radius 2 is 2.00 bits per heavy atom. The number of nitrogens with zero attached hydrogens (tertiary/aromatic N) is 3. The van der Waals surface area contributed by atoms with Gasteiger partial charge in [0.2, 0.25) is 11.8 Å². The topological polar surface area (TPSA) is 126 Å². The molecule has 2 aromatic carbocycles. The van der Waals surface area contributed by atoms with E-state index in [1.54, 1.807) is 50.2 Å². The quantitative estimate of drug-likeness (QED) is 0.459. The van der Waals surface area contributed by atoms with Crippen LogP contribution in [0.2, 0.25) is 0 Å². The van der Waals surface area contributed by atoms with Gasteiger partial charge in [0.05, 0.1) is 17.0 Å². The summed E-state index contributed by atoms with van der Waals surface area (Å²) < 4.78 is 16.7. The zero-order chi connectivity index (χ0) is 25.9. The number of ether oxygens (including phenoxy) is 2.